The Kier molecular flexibility index (Phi) is 6.41. The Morgan fingerprint density at radius 1 is 0.296 bits per heavy atom. The zero-order valence-corrected chi connectivity index (χ0v) is 13.5. The summed E-state index contributed by atoms with van der Waals surface area (Å²) in [5.74, 6) is -31.4. The molecule has 0 aliphatic carbocycles. The molecular formula is C8F18Te. The van der Waals surface area contributed by atoms with Crippen molar-refractivity contribution in [1.82, 2.24) is 0 Å². The van der Waals surface area contributed by atoms with E-state index in [2.05, 4.69) is 0 Å². The predicted octanol–water partition coefficient (Wildman–Crippen LogP) is 5.54. The maximum atomic E-state index is 12.9. The van der Waals surface area contributed by atoms with E-state index in [9.17, 15) is 79.0 Å². The van der Waals surface area contributed by atoms with Crippen LogP contribution in [0.2, 0.25) is 0 Å². The quantitative estimate of drug-likeness (QED) is 0.293. The fourth-order valence-electron chi connectivity index (χ4n) is 1.01. The van der Waals surface area contributed by atoms with Crippen LogP contribution in [0.1, 0.15) is 0 Å². The summed E-state index contributed by atoms with van der Waals surface area (Å²) in [6, 6.07) is 0. The van der Waals surface area contributed by atoms with Crippen LogP contribution in [0.3, 0.4) is 0 Å². The third-order valence-corrected chi connectivity index (χ3v) is 5.41. The van der Waals surface area contributed by atoms with Crippen LogP contribution in [0.15, 0.2) is 0 Å². The van der Waals surface area contributed by atoms with Crippen molar-refractivity contribution < 1.29 is 79.0 Å². The number of hydrogen-bond acceptors (Lipinski definition) is 0. The first-order valence-corrected chi connectivity index (χ1v) is 7.64. The van der Waals surface area contributed by atoms with E-state index in [1.165, 1.54) is 0 Å². The molecule has 0 unspecified atom stereocenters. The molecule has 0 nitrogen and oxygen atoms in total. The van der Waals surface area contributed by atoms with Crippen LogP contribution in [-0.4, -0.2) is 64.9 Å². The standard InChI is InChI=1S/C8F18Te/c9-1(10,5(17,18)19)3(13,14)7(23,24)27-8(25,26)4(15,16)2(11,12)6(20,21)22. The van der Waals surface area contributed by atoms with Crippen molar-refractivity contribution in [3.05, 3.63) is 0 Å². The summed E-state index contributed by atoms with van der Waals surface area (Å²) in [4.78, 5) is 0. The van der Waals surface area contributed by atoms with E-state index in [-0.39, 0.29) is 0 Å². The SMILES string of the molecule is FC(F)(F)C(F)(F)C(F)(F)C(F)(F)[Te]C(F)(F)C(F)(F)C(F)(F)C(F)(F)F. The summed E-state index contributed by atoms with van der Waals surface area (Å²) in [6.07, 6.45) is -15.1. The maximum absolute atomic E-state index is 12.9. The van der Waals surface area contributed by atoms with Crippen LogP contribution in [0.25, 0.3) is 0 Å². The molecule has 19 heteroatoms. The molecule has 0 aromatic heterocycles. The number of hydrogen-bond donors (Lipinski definition) is 0. The molecule has 0 spiro atoms. The van der Waals surface area contributed by atoms with Gasteiger partial charge in [-0.2, -0.15) is 0 Å². The molecule has 0 saturated heterocycles. The second-order valence-electron chi connectivity index (χ2n) is 4.43. The van der Waals surface area contributed by atoms with Gasteiger partial charge in [-0.25, -0.2) is 0 Å². The average Bonchev–Trinajstić information content (AvgIpc) is 2.33. The van der Waals surface area contributed by atoms with Gasteiger partial charge in [0.1, 0.15) is 0 Å². The summed E-state index contributed by atoms with van der Waals surface area (Å²) in [5, 5.41) is 0. The van der Waals surface area contributed by atoms with Crippen LogP contribution in [0.4, 0.5) is 79.0 Å². The zero-order chi connectivity index (χ0) is 22.7. The topological polar surface area (TPSA) is 0 Å². The summed E-state index contributed by atoms with van der Waals surface area (Å²) >= 11 is -6.44. The third-order valence-electron chi connectivity index (χ3n) is 2.49. The second-order valence-corrected chi connectivity index (χ2v) is 7.94. The van der Waals surface area contributed by atoms with E-state index >= 15 is 0 Å². The molecule has 27 heavy (non-hydrogen) atoms. The second kappa shape index (κ2) is 6.52. The fourth-order valence-corrected chi connectivity index (χ4v) is 3.39. The average molecular weight is 566 g/mol. The van der Waals surface area contributed by atoms with Gasteiger partial charge in [0.05, 0.1) is 0 Å². The Hall–Kier alpha value is -0.470. The summed E-state index contributed by atoms with van der Waals surface area (Å²) in [5.41, 5.74) is 0. The molecular weight excluding hydrogens is 566 g/mol. The molecule has 0 atom stereocenters. The van der Waals surface area contributed by atoms with E-state index in [4.69, 9.17) is 0 Å². The van der Waals surface area contributed by atoms with Gasteiger partial charge >= 0.3 is 144 Å². The molecule has 0 bridgehead atoms. The molecule has 0 amide bonds. The molecule has 164 valence electrons. The summed E-state index contributed by atoms with van der Waals surface area (Å²) < 4.78 is 208. The minimum absolute atomic E-state index is 6.44. The fraction of sp³-hybridized carbons (Fsp3) is 1.00. The Bertz CT molecular complexity index is 489. The Morgan fingerprint density at radius 2 is 0.481 bits per heavy atom. The van der Waals surface area contributed by atoms with Crippen molar-refractivity contribution >= 4 is 20.9 Å². The van der Waals surface area contributed by atoms with Crippen LogP contribution in [0.5, 0.6) is 0 Å². The Morgan fingerprint density at radius 3 is 0.630 bits per heavy atom. The predicted molar refractivity (Wildman–Crippen MR) is 47.5 cm³/mol. The van der Waals surface area contributed by atoms with Crippen molar-refractivity contribution in [3.8, 4) is 0 Å². The molecule has 0 N–H and O–H groups in total. The summed E-state index contributed by atoms with van der Waals surface area (Å²) in [7, 11) is 0. The normalized spacial score (nSPS) is 16.7. The molecule has 0 saturated carbocycles. The van der Waals surface area contributed by atoms with Gasteiger partial charge in [0.15, 0.2) is 0 Å². The summed E-state index contributed by atoms with van der Waals surface area (Å²) in [6.45, 7) is 0. The van der Waals surface area contributed by atoms with Crippen LogP contribution >= 0.6 is 0 Å². The molecule has 0 heterocycles. The Labute approximate surface area is 144 Å². The molecule has 0 aromatic carbocycles. The van der Waals surface area contributed by atoms with Gasteiger partial charge in [0.25, 0.3) is 0 Å². The first-order valence-electron chi connectivity index (χ1n) is 5.31. The van der Waals surface area contributed by atoms with Crippen molar-refractivity contribution in [1.29, 1.82) is 0 Å². The van der Waals surface area contributed by atoms with Crippen molar-refractivity contribution in [2.24, 2.45) is 0 Å². The van der Waals surface area contributed by atoms with Gasteiger partial charge < -0.3 is 0 Å². The van der Waals surface area contributed by atoms with Gasteiger partial charge in [-0.1, -0.05) is 0 Å². The van der Waals surface area contributed by atoms with Gasteiger partial charge in [0, 0.05) is 0 Å². The van der Waals surface area contributed by atoms with E-state index in [0.717, 1.165) is 0 Å². The van der Waals surface area contributed by atoms with E-state index in [1.807, 2.05) is 0 Å². The van der Waals surface area contributed by atoms with Crippen molar-refractivity contribution in [3.63, 3.8) is 0 Å². The number of rotatable bonds is 6. The van der Waals surface area contributed by atoms with Gasteiger partial charge in [-0.05, 0) is 0 Å². The van der Waals surface area contributed by atoms with E-state index in [1.54, 1.807) is 0 Å². The third kappa shape index (κ3) is 3.99. The first kappa shape index (κ1) is 26.5. The molecule has 0 aliphatic rings. The Balaban J connectivity index is 6.19. The molecule has 0 aliphatic heterocycles. The molecule has 0 radical (unpaired) electrons. The van der Waals surface area contributed by atoms with E-state index < -0.39 is 64.9 Å². The molecule has 0 aromatic rings. The van der Waals surface area contributed by atoms with Gasteiger partial charge in [-0.15, -0.1) is 0 Å². The molecule has 0 fully saturated rings. The number of halogens is 18. The minimum atomic E-state index is -7.87. The van der Waals surface area contributed by atoms with Crippen LogP contribution in [0, 0.1) is 0 Å². The van der Waals surface area contributed by atoms with Crippen molar-refractivity contribution in [2.75, 3.05) is 0 Å². The molecule has 0 rings (SSSR count). The van der Waals surface area contributed by atoms with Crippen LogP contribution < -0.4 is 0 Å². The van der Waals surface area contributed by atoms with Crippen molar-refractivity contribution in [2.45, 2.75) is 44.0 Å². The van der Waals surface area contributed by atoms with E-state index in [0.29, 0.717) is 0 Å². The van der Waals surface area contributed by atoms with Gasteiger partial charge in [0.2, 0.25) is 0 Å². The van der Waals surface area contributed by atoms with Crippen LogP contribution in [-0.2, 0) is 0 Å². The monoisotopic (exact) mass is 568 g/mol. The van der Waals surface area contributed by atoms with Gasteiger partial charge in [-0.3, -0.25) is 0 Å². The zero-order valence-electron chi connectivity index (χ0n) is 11.2. The first-order chi connectivity index (χ1) is 11.2. The number of alkyl halides is 18.